The van der Waals surface area contributed by atoms with E-state index in [1.807, 2.05) is 91.8 Å². The number of hydrogen-bond acceptors (Lipinski definition) is 5. The molecule has 0 unspecified atom stereocenters. The van der Waals surface area contributed by atoms with Crippen LogP contribution in [0, 0.1) is 0 Å². The molecule has 0 radical (unpaired) electrons. The average molecular weight is 430 g/mol. The molecule has 1 N–H and O–H groups in total. The number of benzene rings is 2. The van der Waals surface area contributed by atoms with Crippen LogP contribution in [0.2, 0.25) is 0 Å². The molecule has 0 aliphatic rings. The van der Waals surface area contributed by atoms with Crippen LogP contribution in [0.4, 0.5) is 0 Å². The molecular weight excluding hydrogens is 402 g/mol. The summed E-state index contributed by atoms with van der Waals surface area (Å²) < 4.78 is 11.6. The second-order valence-corrected chi connectivity index (χ2v) is 7.82. The first-order valence-corrected chi connectivity index (χ1v) is 10.7. The van der Waals surface area contributed by atoms with E-state index < -0.39 is 0 Å². The molecule has 4 aromatic rings. The molecule has 2 aromatic carbocycles. The Labute approximate surface area is 187 Å². The molecule has 164 valence electrons. The number of oxazole rings is 1. The lowest BCUT2D eigenvalue weighted by atomic mass is 10.1. The molecule has 0 saturated heterocycles. The molecule has 0 fully saturated rings. The number of carbonyl (C=O) groups excluding carboxylic acids is 1. The Morgan fingerprint density at radius 1 is 0.969 bits per heavy atom. The number of likely N-dealkylation sites (N-methyl/N-ethyl adjacent to an activating group) is 1. The fourth-order valence-corrected chi connectivity index (χ4v) is 3.59. The van der Waals surface area contributed by atoms with Crippen molar-refractivity contribution in [2.75, 3.05) is 20.6 Å². The highest BCUT2D eigenvalue weighted by Gasteiger charge is 2.19. The van der Waals surface area contributed by atoms with E-state index in [-0.39, 0.29) is 11.9 Å². The Hall–Kier alpha value is -3.64. The summed E-state index contributed by atoms with van der Waals surface area (Å²) in [7, 11) is 3.92. The molecule has 32 heavy (non-hydrogen) atoms. The van der Waals surface area contributed by atoms with E-state index in [1.54, 1.807) is 6.26 Å². The van der Waals surface area contributed by atoms with Crippen LogP contribution in [0.5, 0.6) is 0 Å². The third kappa shape index (κ3) is 5.15. The van der Waals surface area contributed by atoms with Gasteiger partial charge in [0.2, 0.25) is 5.91 Å². The minimum atomic E-state index is -0.0517. The minimum Gasteiger partial charge on any atom is -0.468 e. The smallest absolute Gasteiger partial charge is 0.220 e. The lowest BCUT2D eigenvalue weighted by molar-refractivity contribution is -0.121. The van der Waals surface area contributed by atoms with Crippen molar-refractivity contribution in [2.24, 2.45) is 0 Å². The van der Waals surface area contributed by atoms with Gasteiger partial charge in [0.15, 0.2) is 11.7 Å². The number of rotatable bonds is 9. The summed E-state index contributed by atoms with van der Waals surface area (Å²) in [6, 6.07) is 23.6. The third-order valence-corrected chi connectivity index (χ3v) is 5.31. The predicted molar refractivity (Wildman–Crippen MR) is 124 cm³/mol. The third-order valence-electron chi connectivity index (χ3n) is 5.31. The Morgan fingerprint density at radius 2 is 1.66 bits per heavy atom. The van der Waals surface area contributed by atoms with Crippen LogP contribution in [0.25, 0.3) is 22.6 Å². The zero-order valence-electron chi connectivity index (χ0n) is 18.3. The van der Waals surface area contributed by atoms with E-state index in [2.05, 4.69) is 5.32 Å². The molecule has 6 nitrogen and oxygen atoms in total. The molecular formula is C26H27N3O3. The van der Waals surface area contributed by atoms with E-state index in [0.29, 0.717) is 25.3 Å². The first-order chi connectivity index (χ1) is 15.6. The molecule has 0 aliphatic heterocycles. The van der Waals surface area contributed by atoms with Crippen LogP contribution in [-0.4, -0.2) is 36.4 Å². The molecule has 0 aliphatic carbocycles. The summed E-state index contributed by atoms with van der Waals surface area (Å²) in [4.78, 5) is 19.3. The van der Waals surface area contributed by atoms with E-state index in [0.717, 1.165) is 28.3 Å². The number of nitrogens with one attached hydrogen (secondary N) is 1. The quantitative estimate of drug-likeness (QED) is 0.407. The van der Waals surface area contributed by atoms with Gasteiger partial charge in [-0.1, -0.05) is 60.7 Å². The van der Waals surface area contributed by atoms with E-state index >= 15 is 0 Å². The lowest BCUT2D eigenvalue weighted by Gasteiger charge is -2.22. The molecule has 0 saturated carbocycles. The Morgan fingerprint density at radius 3 is 2.28 bits per heavy atom. The normalized spacial score (nSPS) is 12.1. The number of aryl methyl sites for hydroxylation is 1. The predicted octanol–water partition coefficient (Wildman–Crippen LogP) is 4.95. The van der Waals surface area contributed by atoms with E-state index in [1.165, 1.54) is 0 Å². The van der Waals surface area contributed by atoms with Crippen LogP contribution in [0.15, 0.2) is 87.9 Å². The number of carbonyl (C=O) groups is 1. The zero-order chi connectivity index (χ0) is 22.3. The van der Waals surface area contributed by atoms with Gasteiger partial charge in [-0.2, -0.15) is 0 Å². The number of hydrogen-bond donors (Lipinski definition) is 1. The molecule has 2 aromatic heterocycles. The number of aromatic nitrogens is 1. The molecule has 2 heterocycles. The van der Waals surface area contributed by atoms with Crippen molar-refractivity contribution in [1.29, 1.82) is 0 Å². The fraction of sp³-hybridized carbons (Fsp3) is 0.231. The van der Waals surface area contributed by atoms with Crippen molar-refractivity contribution in [3.05, 3.63) is 90.7 Å². The number of furan rings is 1. The van der Waals surface area contributed by atoms with Crippen molar-refractivity contribution >= 4 is 5.91 Å². The molecule has 4 rings (SSSR count). The van der Waals surface area contributed by atoms with Crippen molar-refractivity contribution < 1.29 is 13.6 Å². The molecule has 0 bridgehead atoms. The summed E-state index contributed by atoms with van der Waals surface area (Å²) in [6.45, 7) is 0.468. The van der Waals surface area contributed by atoms with Crippen LogP contribution < -0.4 is 5.32 Å². The van der Waals surface area contributed by atoms with Crippen molar-refractivity contribution in [1.82, 2.24) is 15.2 Å². The van der Waals surface area contributed by atoms with Gasteiger partial charge in [0.1, 0.15) is 11.5 Å². The van der Waals surface area contributed by atoms with E-state index in [9.17, 15) is 4.79 Å². The van der Waals surface area contributed by atoms with E-state index in [4.69, 9.17) is 13.8 Å². The second-order valence-electron chi connectivity index (χ2n) is 7.82. The van der Waals surface area contributed by atoms with Gasteiger partial charge in [0, 0.05) is 30.5 Å². The highest BCUT2D eigenvalue weighted by Crippen LogP contribution is 2.32. The molecule has 1 atom stereocenters. The molecule has 1 amide bonds. The summed E-state index contributed by atoms with van der Waals surface area (Å²) in [5.41, 5.74) is 2.73. The summed E-state index contributed by atoms with van der Waals surface area (Å²) in [5, 5.41) is 3.00. The van der Waals surface area contributed by atoms with Gasteiger partial charge in [-0.3, -0.25) is 9.69 Å². The standard InChI is InChI=1S/C26H27N3O3/c1-29(2)21(22-14-9-17-31-22)18-27-23(30)15-16-24-28-25(19-10-5-3-6-11-19)26(32-24)20-12-7-4-8-13-20/h3-14,17,21H,15-16,18H2,1-2H3,(H,27,30)/t21-/m1/s1. The largest absolute Gasteiger partial charge is 0.468 e. The Balaban J connectivity index is 1.44. The number of amides is 1. The Bertz CT molecular complexity index is 1060. The number of nitrogens with zero attached hydrogens (tertiary/aromatic N) is 2. The zero-order valence-corrected chi connectivity index (χ0v) is 18.3. The maximum atomic E-state index is 12.5. The van der Waals surface area contributed by atoms with Crippen molar-refractivity contribution in [3.8, 4) is 22.6 Å². The average Bonchev–Trinajstić information content (AvgIpc) is 3.49. The summed E-state index contributed by atoms with van der Waals surface area (Å²) in [6.07, 6.45) is 2.36. The van der Waals surface area contributed by atoms with Crippen molar-refractivity contribution in [2.45, 2.75) is 18.9 Å². The first kappa shape index (κ1) is 21.6. The van der Waals surface area contributed by atoms with Gasteiger partial charge in [-0.05, 0) is 26.2 Å². The van der Waals surface area contributed by atoms with Crippen molar-refractivity contribution in [3.63, 3.8) is 0 Å². The highest BCUT2D eigenvalue weighted by molar-refractivity contribution is 5.77. The maximum absolute atomic E-state index is 12.5. The van der Waals surface area contributed by atoms with Gasteiger partial charge in [0.05, 0.1) is 12.3 Å². The maximum Gasteiger partial charge on any atom is 0.220 e. The SMILES string of the molecule is CN(C)[C@H](CNC(=O)CCc1nc(-c2ccccc2)c(-c2ccccc2)o1)c1ccco1. The van der Waals surface area contributed by atoms with Crippen LogP contribution in [-0.2, 0) is 11.2 Å². The first-order valence-electron chi connectivity index (χ1n) is 10.7. The Kier molecular flexibility index (Phi) is 6.82. The van der Waals surface area contributed by atoms with Gasteiger partial charge in [-0.25, -0.2) is 4.98 Å². The topological polar surface area (TPSA) is 71.5 Å². The van der Waals surface area contributed by atoms with Gasteiger partial charge in [-0.15, -0.1) is 0 Å². The fourth-order valence-electron chi connectivity index (χ4n) is 3.59. The highest BCUT2D eigenvalue weighted by atomic mass is 16.4. The molecule has 6 heteroatoms. The van der Waals surface area contributed by atoms with Gasteiger partial charge < -0.3 is 14.2 Å². The monoisotopic (exact) mass is 429 g/mol. The van der Waals surface area contributed by atoms with Crippen LogP contribution in [0.3, 0.4) is 0 Å². The summed E-state index contributed by atoms with van der Waals surface area (Å²) in [5.74, 6) is 2.04. The molecule has 0 spiro atoms. The minimum absolute atomic E-state index is 0.0231. The summed E-state index contributed by atoms with van der Waals surface area (Å²) >= 11 is 0. The van der Waals surface area contributed by atoms with Crippen LogP contribution in [0.1, 0.15) is 24.1 Å². The second kappa shape index (κ2) is 10.1. The van der Waals surface area contributed by atoms with Gasteiger partial charge in [0.25, 0.3) is 0 Å². The van der Waals surface area contributed by atoms with Crippen LogP contribution >= 0.6 is 0 Å². The lowest BCUT2D eigenvalue weighted by Crippen LogP contribution is -2.34. The van der Waals surface area contributed by atoms with Gasteiger partial charge >= 0.3 is 0 Å².